The van der Waals surface area contributed by atoms with Gasteiger partial charge in [0.1, 0.15) is 18.7 Å². The van der Waals surface area contributed by atoms with Gasteiger partial charge in [0.2, 0.25) is 0 Å². The lowest BCUT2D eigenvalue weighted by Gasteiger charge is -2.54. The van der Waals surface area contributed by atoms with E-state index in [1.807, 2.05) is 30.1 Å². The van der Waals surface area contributed by atoms with E-state index in [2.05, 4.69) is 22.3 Å². The summed E-state index contributed by atoms with van der Waals surface area (Å²) in [6, 6.07) is 6.29. The predicted octanol–water partition coefficient (Wildman–Crippen LogP) is 2.91. The molecule has 0 spiro atoms. The number of hydrogen-bond donors (Lipinski definition) is 1. The molecular weight excluding hydrogens is 358 g/mol. The minimum atomic E-state index is -0.0267. The number of nitrogens with one attached hydrogen (secondary N) is 1. The first kappa shape index (κ1) is 18.7. The molecule has 0 radical (unpaired) electrons. The fourth-order valence-corrected chi connectivity index (χ4v) is 4.27. The van der Waals surface area contributed by atoms with Gasteiger partial charge in [-0.05, 0) is 43.4 Å². The lowest BCUT2D eigenvalue weighted by molar-refractivity contribution is -0.00601. The number of piperidine rings is 1. The number of urea groups is 1. The summed E-state index contributed by atoms with van der Waals surface area (Å²) in [5, 5.41) is 7.42. The van der Waals surface area contributed by atoms with Crippen molar-refractivity contribution in [3.8, 4) is 17.1 Å². The molecule has 1 aromatic heterocycles. The number of carbonyl (C=O) groups is 1. The van der Waals surface area contributed by atoms with Crippen molar-refractivity contribution in [3.05, 3.63) is 24.5 Å². The Morgan fingerprint density at radius 2 is 2.04 bits per heavy atom. The summed E-state index contributed by atoms with van der Waals surface area (Å²) >= 11 is 0. The van der Waals surface area contributed by atoms with Crippen LogP contribution >= 0.6 is 0 Å². The van der Waals surface area contributed by atoms with E-state index < -0.39 is 0 Å². The van der Waals surface area contributed by atoms with E-state index >= 15 is 0 Å². The molecular formula is C20H27N5O3. The van der Waals surface area contributed by atoms with Gasteiger partial charge in [-0.2, -0.15) is 5.10 Å². The zero-order chi connectivity index (χ0) is 19.7. The molecule has 8 heteroatoms. The minimum Gasteiger partial charge on any atom is -0.490 e. The normalized spacial score (nSPS) is 23.2. The fraction of sp³-hybridized carbons (Fsp3) is 0.550. The molecule has 2 unspecified atom stereocenters. The highest BCUT2D eigenvalue weighted by Crippen LogP contribution is 2.41. The monoisotopic (exact) mass is 385 g/mol. The molecule has 2 aromatic rings. The maximum atomic E-state index is 12.8. The van der Waals surface area contributed by atoms with Crippen LogP contribution in [-0.4, -0.2) is 58.1 Å². The Hall–Kier alpha value is -2.61. The summed E-state index contributed by atoms with van der Waals surface area (Å²) in [6.45, 7) is 3.18. The maximum absolute atomic E-state index is 12.8. The van der Waals surface area contributed by atoms with Crippen LogP contribution in [0.2, 0.25) is 0 Å². The molecule has 3 heterocycles. The van der Waals surface area contributed by atoms with Gasteiger partial charge < -0.3 is 19.7 Å². The van der Waals surface area contributed by atoms with Crippen LogP contribution in [-0.2, 0) is 11.8 Å². The molecule has 0 saturated carbocycles. The Balaban J connectivity index is 1.52. The molecule has 28 heavy (non-hydrogen) atoms. The third kappa shape index (κ3) is 3.69. The first-order valence-electron chi connectivity index (χ1n) is 9.76. The summed E-state index contributed by atoms with van der Waals surface area (Å²) < 4.78 is 12.5. The van der Waals surface area contributed by atoms with Gasteiger partial charge in [-0.1, -0.05) is 6.92 Å². The van der Waals surface area contributed by atoms with E-state index in [0.29, 0.717) is 48.5 Å². The third-order valence-electron chi connectivity index (χ3n) is 5.53. The molecule has 2 aliphatic rings. The highest BCUT2D eigenvalue weighted by atomic mass is 16.5. The van der Waals surface area contributed by atoms with Crippen LogP contribution in [0.15, 0.2) is 24.5 Å². The number of methoxy groups -OCH3 is 1. The summed E-state index contributed by atoms with van der Waals surface area (Å²) in [5.41, 5.74) is 1.46. The standard InChI is InChI=1S/C20H27N5O3/c1-13-8-15-11-16(9-13)25(15)20(26)22-14-4-5-18(28-7-6-27-3)17(10-14)19-21-12-24(2)23-19/h4-5,10,12-13,15-16H,6-9,11H2,1-3H3,(H,22,26). The molecule has 2 amide bonds. The Bertz CT molecular complexity index is 840. The van der Waals surface area contributed by atoms with Crippen molar-refractivity contribution in [2.45, 2.75) is 38.3 Å². The second-order valence-corrected chi connectivity index (χ2v) is 7.75. The molecule has 2 aliphatic heterocycles. The molecule has 2 atom stereocenters. The number of carbonyl (C=O) groups excluding carboxylic acids is 1. The van der Waals surface area contributed by atoms with E-state index in [1.165, 1.54) is 0 Å². The summed E-state index contributed by atoms with van der Waals surface area (Å²) in [7, 11) is 3.45. The lowest BCUT2D eigenvalue weighted by Crippen LogP contribution is -2.63. The van der Waals surface area contributed by atoms with Crippen molar-refractivity contribution >= 4 is 11.7 Å². The quantitative estimate of drug-likeness (QED) is 0.773. The number of aromatic nitrogens is 3. The second-order valence-electron chi connectivity index (χ2n) is 7.75. The van der Waals surface area contributed by atoms with Gasteiger partial charge in [0.15, 0.2) is 5.82 Å². The molecule has 2 fully saturated rings. The van der Waals surface area contributed by atoms with Crippen LogP contribution in [0.25, 0.3) is 11.4 Å². The zero-order valence-corrected chi connectivity index (χ0v) is 16.6. The van der Waals surface area contributed by atoms with Crippen LogP contribution in [0, 0.1) is 5.92 Å². The number of rotatable bonds is 6. The number of ether oxygens (including phenoxy) is 2. The van der Waals surface area contributed by atoms with Gasteiger partial charge in [-0.15, -0.1) is 0 Å². The van der Waals surface area contributed by atoms with Crippen molar-refractivity contribution in [1.29, 1.82) is 0 Å². The Morgan fingerprint density at radius 1 is 1.25 bits per heavy atom. The van der Waals surface area contributed by atoms with Gasteiger partial charge in [-0.3, -0.25) is 4.68 Å². The van der Waals surface area contributed by atoms with Crippen molar-refractivity contribution in [3.63, 3.8) is 0 Å². The van der Waals surface area contributed by atoms with Crippen LogP contribution < -0.4 is 10.1 Å². The van der Waals surface area contributed by atoms with E-state index in [4.69, 9.17) is 9.47 Å². The van der Waals surface area contributed by atoms with Gasteiger partial charge in [-0.25, -0.2) is 9.78 Å². The van der Waals surface area contributed by atoms with Crippen LogP contribution in [0.1, 0.15) is 26.2 Å². The Kier molecular flexibility index (Phi) is 5.21. The number of fused-ring (bicyclic) bond motifs is 2. The summed E-state index contributed by atoms with van der Waals surface area (Å²) in [6.07, 6.45) is 4.97. The molecule has 1 N–H and O–H groups in total. The first-order chi connectivity index (χ1) is 13.5. The number of nitrogens with zero attached hydrogens (tertiary/aromatic N) is 4. The highest BCUT2D eigenvalue weighted by Gasteiger charge is 2.46. The van der Waals surface area contributed by atoms with Crippen molar-refractivity contribution in [2.75, 3.05) is 25.6 Å². The van der Waals surface area contributed by atoms with Gasteiger partial charge >= 0.3 is 6.03 Å². The smallest absolute Gasteiger partial charge is 0.322 e. The van der Waals surface area contributed by atoms with Crippen molar-refractivity contribution in [2.24, 2.45) is 13.0 Å². The highest BCUT2D eigenvalue weighted by molar-refractivity contribution is 5.91. The molecule has 150 valence electrons. The Morgan fingerprint density at radius 3 is 2.71 bits per heavy atom. The average molecular weight is 385 g/mol. The molecule has 8 nitrogen and oxygen atoms in total. The van der Waals surface area contributed by atoms with E-state index in [0.717, 1.165) is 24.8 Å². The largest absolute Gasteiger partial charge is 0.490 e. The van der Waals surface area contributed by atoms with Gasteiger partial charge in [0.25, 0.3) is 0 Å². The van der Waals surface area contributed by atoms with Crippen LogP contribution in [0.4, 0.5) is 10.5 Å². The number of benzene rings is 1. The molecule has 0 aliphatic carbocycles. The fourth-order valence-electron chi connectivity index (χ4n) is 4.27. The topological polar surface area (TPSA) is 81.5 Å². The zero-order valence-electron chi connectivity index (χ0n) is 16.6. The first-order valence-corrected chi connectivity index (χ1v) is 9.76. The van der Waals surface area contributed by atoms with Crippen LogP contribution in [0.5, 0.6) is 5.75 Å². The number of amides is 2. The van der Waals surface area contributed by atoms with Crippen LogP contribution in [0.3, 0.4) is 0 Å². The number of aryl methyl sites for hydroxylation is 1. The van der Waals surface area contributed by atoms with Gasteiger partial charge in [0, 0.05) is 31.9 Å². The summed E-state index contributed by atoms with van der Waals surface area (Å²) in [4.78, 5) is 19.1. The lowest BCUT2D eigenvalue weighted by atomic mass is 9.74. The SMILES string of the molecule is COCCOc1ccc(NC(=O)N2C3CC(C)CC2C3)cc1-c1ncn(C)n1. The predicted molar refractivity (Wildman–Crippen MR) is 105 cm³/mol. The minimum absolute atomic E-state index is 0.0267. The summed E-state index contributed by atoms with van der Waals surface area (Å²) in [5.74, 6) is 1.93. The molecule has 1 aromatic carbocycles. The van der Waals surface area contributed by atoms with E-state index in [9.17, 15) is 4.79 Å². The number of hydrogen-bond acceptors (Lipinski definition) is 5. The molecule has 2 bridgehead atoms. The molecule has 4 rings (SSSR count). The van der Waals surface area contributed by atoms with E-state index in [1.54, 1.807) is 18.1 Å². The number of anilines is 1. The van der Waals surface area contributed by atoms with Gasteiger partial charge in [0.05, 0.1) is 12.2 Å². The third-order valence-corrected chi connectivity index (χ3v) is 5.53. The van der Waals surface area contributed by atoms with E-state index in [-0.39, 0.29) is 6.03 Å². The maximum Gasteiger partial charge on any atom is 0.322 e. The van der Waals surface area contributed by atoms with Crippen molar-refractivity contribution in [1.82, 2.24) is 19.7 Å². The van der Waals surface area contributed by atoms with Crippen molar-refractivity contribution < 1.29 is 14.3 Å². The average Bonchev–Trinajstić information content (AvgIpc) is 3.08. The second kappa shape index (κ2) is 7.79. The Labute approximate surface area is 164 Å². The molecule has 2 saturated heterocycles.